The monoisotopic (exact) mass is 404 g/mol. The normalized spacial score (nSPS) is 39.4. The van der Waals surface area contributed by atoms with Gasteiger partial charge in [-0.05, 0) is 40.0 Å². The topological polar surface area (TPSA) is 89.6 Å². The molecule has 0 radical (unpaired) electrons. The van der Waals surface area contributed by atoms with E-state index in [0.29, 0.717) is 13.0 Å². The first-order valence-corrected chi connectivity index (χ1v) is 9.95. The maximum absolute atomic E-state index is 14.4. The lowest BCUT2D eigenvalue weighted by Gasteiger charge is -2.31. The lowest BCUT2D eigenvalue weighted by molar-refractivity contribution is -0.125. The highest BCUT2D eigenvalue weighted by Crippen LogP contribution is 2.29. The Morgan fingerprint density at radius 3 is 2.46 bits per heavy atom. The van der Waals surface area contributed by atoms with Gasteiger partial charge >= 0.3 is 0 Å². The van der Waals surface area contributed by atoms with Crippen molar-refractivity contribution in [3.63, 3.8) is 0 Å². The number of nitrogens with zero attached hydrogens (tertiary/aromatic N) is 1. The standard InChI is InChI=1S/C18H31F3N6O/c1-18(2,3)25-17(24-16(28)9-4-5-10(19)11(20)6-9)23-15-14-12(21)7-22-8-13(14)26-27-15/h9-15,22,26-27H,4-8H2,1-3H3,(H2,23,24,25,28). The van der Waals surface area contributed by atoms with Crippen LogP contribution in [0.4, 0.5) is 13.2 Å². The number of hydrogen-bond donors (Lipinski definition) is 5. The summed E-state index contributed by atoms with van der Waals surface area (Å²) in [6.07, 6.45) is -4.56. The van der Waals surface area contributed by atoms with Crippen LogP contribution >= 0.6 is 0 Å². The maximum atomic E-state index is 14.4. The quantitative estimate of drug-likeness (QED) is 0.345. The smallest absolute Gasteiger partial charge is 0.229 e. The first kappa shape index (κ1) is 21.3. The number of rotatable bonds is 2. The largest absolute Gasteiger partial charge is 0.351 e. The minimum atomic E-state index is -1.62. The number of guanidine groups is 1. The van der Waals surface area contributed by atoms with Gasteiger partial charge in [-0.15, -0.1) is 0 Å². The molecule has 28 heavy (non-hydrogen) atoms. The van der Waals surface area contributed by atoms with E-state index in [9.17, 15) is 18.0 Å². The second-order valence-electron chi connectivity index (χ2n) is 8.98. The molecule has 2 aliphatic heterocycles. The molecule has 2 heterocycles. The van der Waals surface area contributed by atoms with Gasteiger partial charge in [0.2, 0.25) is 5.91 Å². The molecule has 10 heteroatoms. The van der Waals surface area contributed by atoms with Gasteiger partial charge in [-0.25, -0.2) is 23.6 Å². The first-order valence-electron chi connectivity index (χ1n) is 9.95. The molecule has 0 spiro atoms. The van der Waals surface area contributed by atoms with Crippen molar-refractivity contribution in [2.24, 2.45) is 16.8 Å². The van der Waals surface area contributed by atoms with E-state index < -0.39 is 42.0 Å². The second kappa shape index (κ2) is 8.54. The summed E-state index contributed by atoms with van der Waals surface area (Å²) in [6, 6.07) is -0.101. The number of carbonyl (C=O) groups excluding carboxylic acids is 1. The van der Waals surface area contributed by atoms with Gasteiger partial charge in [0, 0.05) is 36.5 Å². The van der Waals surface area contributed by atoms with E-state index in [4.69, 9.17) is 0 Å². The lowest BCUT2D eigenvalue weighted by atomic mass is 9.86. The Morgan fingerprint density at radius 1 is 1.04 bits per heavy atom. The predicted octanol–water partition coefficient (Wildman–Crippen LogP) is 0.683. The van der Waals surface area contributed by atoms with Crippen LogP contribution in [-0.2, 0) is 4.79 Å². The molecule has 0 aromatic rings. The molecule has 3 fully saturated rings. The highest BCUT2D eigenvalue weighted by atomic mass is 19.2. The van der Waals surface area contributed by atoms with Gasteiger partial charge in [0.15, 0.2) is 5.96 Å². The highest BCUT2D eigenvalue weighted by Gasteiger charge is 2.44. The third kappa shape index (κ3) is 5.15. The summed E-state index contributed by atoms with van der Waals surface area (Å²) in [4.78, 5) is 17.2. The number of hydrogen-bond acceptors (Lipinski definition) is 5. The Morgan fingerprint density at radius 2 is 1.79 bits per heavy atom. The maximum Gasteiger partial charge on any atom is 0.229 e. The van der Waals surface area contributed by atoms with Crippen molar-refractivity contribution in [2.75, 3.05) is 13.1 Å². The van der Waals surface area contributed by atoms with Crippen molar-refractivity contribution in [1.29, 1.82) is 0 Å². The van der Waals surface area contributed by atoms with E-state index in [-0.39, 0.29) is 37.3 Å². The number of carbonyl (C=O) groups is 1. The summed E-state index contributed by atoms with van der Waals surface area (Å²) in [5, 5.41) is 8.87. The first-order chi connectivity index (χ1) is 13.1. The Labute approximate surface area is 163 Å². The molecule has 7 unspecified atom stereocenters. The minimum Gasteiger partial charge on any atom is -0.351 e. The van der Waals surface area contributed by atoms with Crippen molar-refractivity contribution in [2.45, 2.75) is 76.3 Å². The summed E-state index contributed by atoms with van der Waals surface area (Å²) in [7, 11) is 0. The Kier molecular flexibility index (Phi) is 6.51. The van der Waals surface area contributed by atoms with Crippen molar-refractivity contribution in [1.82, 2.24) is 26.8 Å². The van der Waals surface area contributed by atoms with Gasteiger partial charge in [-0.1, -0.05) is 0 Å². The molecule has 3 rings (SSSR count). The molecule has 0 bridgehead atoms. The van der Waals surface area contributed by atoms with E-state index in [1.807, 2.05) is 20.8 Å². The fourth-order valence-electron chi connectivity index (χ4n) is 4.00. The third-order valence-corrected chi connectivity index (χ3v) is 5.43. The lowest BCUT2D eigenvalue weighted by Crippen LogP contribution is -2.53. The Balaban J connectivity index is 1.72. The van der Waals surface area contributed by atoms with Crippen LogP contribution in [0.1, 0.15) is 40.0 Å². The van der Waals surface area contributed by atoms with Crippen LogP contribution in [-0.4, -0.2) is 61.2 Å². The van der Waals surface area contributed by atoms with E-state index in [2.05, 4.69) is 31.8 Å². The molecule has 0 aromatic heterocycles. The van der Waals surface area contributed by atoms with Crippen molar-refractivity contribution >= 4 is 11.9 Å². The molecule has 7 nitrogen and oxygen atoms in total. The molecule has 160 valence electrons. The number of amides is 1. The van der Waals surface area contributed by atoms with Crippen LogP contribution in [0.5, 0.6) is 0 Å². The molecule has 3 aliphatic rings. The molecule has 1 saturated carbocycles. The van der Waals surface area contributed by atoms with Crippen molar-refractivity contribution in [3.8, 4) is 0 Å². The molecule has 5 N–H and O–H groups in total. The van der Waals surface area contributed by atoms with Crippen LogP contribution in [0.25, 0.3) is 0 Å². The number of halogens is 3. The molecular formula is C18H31F3N6O. The van der Waals surface area contributed by atoms with Crippen LogP contribution in [0.15, 0.2) is 4.99 Å². The average Bonchev–Trinajstić information content (AvgIpc) is 3.00. The fraction of sp³-hybridized carbons (Fsp3) is 0.889. The van der Waals surface area contributed by atoms with Gasteiger partial charge in [-0.2, -0.15) is 0 Å². The average molecular weight is 404 g/mol. The summed E-state index contributed by atoms with van der Waals surface area (Å²) >= 11 is 0. The number of fused-ring (bicyclic) bond motifs is 1. The van der Waals surface area contributed by atoms with Gasteiger partial charge in [0.1, 0.15) is 24.7 Å². The van der Waals surface area contributed by atoms with Gasteiger partial charge < -0.3 is 10.6 Å². The summed E-state index contributed by atoms with van der Waals surface area (Å²) in [6.45, 7) is 6.61. The zero-order valence-electron chi connectivity index (χ0n) is 16.6. The van der Waals surface area contributed by atoms with Crippen LogP contribution in [0.2, 0.25) is 0 Å². The van der Waals surface area contributed by atoms with E-state index in [1.165, 1.54) is 0 Å². The summed E-state index contributed by atoms with van der Waals surface area (Å²) in [5.41, 5.74) is 5.63. The zero-order valence-corrected chi connectivity index (χ0v) is 16.6. The molecule has 1 amide bonds. The number of alkyl halides is 3. The number of nitrogens with one attached hydrogen (secondary N) is 5. The van der Waals surface area contributed by atoms with Gasteiger partial charge in [0.05, 0.1) is 0 Å². The fourth-order valence-corrected chi connectivity index (χ4v) is 4.00. The molecule has 7 atom stereocenters. The molecular weight excluding hydrogens is 373 g/mol. The summed E-state index contributed by atoms with van der Waals surface area (Å²) < 4.78 is 41.5. The Bertz CT molecular complexity index is 598. The Hall–Kier alpha value is -1.39. The highest BCUT2D eigenvalue weighted by molar-refractivity contribution is 5.98. The summed E-state index contributed by atoms with van der Waals surface area (Å²) in [5.74, 6) is -1.16. The zero-order chi connectivity index (χ0) is 20.5. The van der Waals surface area contributed by atoms with Crippen LogP contribution < -0.4 is 26.8 Å². The second-order valence-corrected chi connectivity index (χ2v) is 8.98. The van der Waals surface area contributed by atoms with Crippen molar-refractivity contribution < 1.29 is 18.0 Å². The molecule has 0 aromatic carbocycles. The van der Waals surface area contributed by atoms with Crippen molar-refractivity contribution in [3.05, 3.63) is 0 Å². The third-order valence-electron chi connectivity index (χ3n) is 5.43. The van der Waals surface area contributed by atoms with E-state index >= 15 is 0 Å². The van der Waals surface area contributed by atoms with Gasteiger partial charge in [0.25, 0.3) is 0 Å². The van der Waals surface area contributed by atoms with E-state index in [1.54, 1.807) is 0 Å². The van der Waals surface area contributed by atoms with E-state index in [0.717, 1.165) is 0 Å². The van der Waals surface area contributed by atoms with Crippen LogP contribution in [0.3, 0.4) is 0 Å². The number of piperidine rings is 1. The van der Waals surface area contributed by atoms with Gasteiger partial charge in [-0.3, -0.25) is 15.5 Å². The number of hydrazine groups is 1. The SMILES string of the molecule is CC(C)(C)N/C(=N\C1NNC2CNCC(F)C21)NC(=O)C1CCC(F)C(F)C1. The molecule has 1 aliphatic carbocycles. The predicted molar refractivity (Wildman–Crippen MR) is 101 cm³/mol. The molecule has 2 saturated heterocycles. The minimum absolute atomic E-state index is 0.0345. The number of aliphatic imine (C=N–C) groups is 1. The van der Waals surface area contributed by atoms with Crippen LogP contribution in [0, 0.1) is 11.8 Å².